The maximum atomic E-state index is 3.49. The molecule has 3 rings (SSSR count). The van der Waals surface area contributed by atoms with Gasteiger partial charge < -0.3 is 10.6 Å². The van der Waals surface area contributed by atoms with E-state index in [2.05, 4.69) is 59.2 Å². The van der Waals surface area contributed by atoms with Gasteiger partial charge in [-0.25, -0.2) is 0 Å². The van der Waals surface area contributed by atoms with Crippen molar-refractivity contribution in [3.05, 3.63) is 54.6 Å². The van der Waals surface area contributed by atoms with Gasteiger partial charge in [0.15, 0.2) is 0 Å². The van der Waals surface area contributed by atoms with Gasteiger partial charge in [-0.1, -0.05) is 42.5 Å². The third-order valence-electron chi connectivity index (χ3n) is 3.14. The summed E-state index contributed by atoms with van der Waals surface area (Å²) in [5, 5.41) is 6.75. The highest BCUT2D eigenvalue weighted by Crippen LogP contribution is 2.21. The van der Waals surface area contributed by atoms with Crippen molar-refractivity contribution in [2.45, 2.75) is 6.04 Å². The van der Waals surface area contributed by atoms with Crippen LogP contribution in [0, 0.1) is 0 Å². The Kier molecular flexibility index (Phi) is 2.80. The van der Waals surface area contributed by atoms with Gasteiger partial charge in [-0.2, -0.15) is 0 Å². The minimum absolute atomic E-state index is 0.595. The van der Waals surface area contributed by atoms with Crippen LogP contribution in [0.2, 0.25) is 0 Å². The van der Waals surface area contributed by atoms with Gasteiger partial charge in [0.2, 0.25) is 0 Å². The summed E-state index contributed by atoms with van der Waals surface area (Å²) in [7, 11) is 0. The van der Waals surface area contributed by atoms with Crippen LogP contribution in [0.25, 0.3) is 11.1 Å². The first-order valence-corrected chi connectivity index (χ1v) is 6.04. The van der Waals surface area contributed by atoms with E-state index in [0.717, 1.165) is 13.1 Å². The molecule has 0 radical (unpaired) electrons. The molecule has 2 aromatic rings. The number of rotatable bonds is 3. The van der Waals surface area contributed by atoms with Crippen molar-refractivity contribution in [3.63, 3.8) is 0 Å². The van der Waals surface area contributed by atoms with Crippen molar-refractivity contribution < 1.29 is 0 Å². The van der Waals surface area contributed by atoms with Crippen LogP contribution in [0.4, 0.5) is 5.69 Å². The quantitative estimate of drug-likeness (QED) is 0.837. The molecule has 0 spiro atoms. The summed E-state index contributed by atoms with van der Waals surface area (Å²) in [6.07, 6.45) is 0. The molecule has 0 aromatic heterocycles. The predicted octanol–water partition coefficient (Wildman–Crippen LogP) is 2.74. The SMILES string of the molecule is c1ccc(-c2ccc(NC3CNC3)cc2)cc1. The summed E-state index contributed by atoms with van der Waals surface area (Å²) in [5.74, 6) is 0. The highest BCUT2D eigenvalue weighted by molar-refractivity contribution is 5.65. The number of benzene rings is 2. The number of hydrogen-bond donors (Lipinski definition) is 2. The van der Waals surface area contributed by atoms with E-state index in [0.29, 0.717) is 6.04 Å². The van der Waals surface area contributed by atoms with Crippen LogP contribution in [-0.4, -0.2) is 19.1 Å². The lowest BCUT2D eigenvalue weighted by atomic mass is 10.1. The molecule has 0 unspecified atom stereocenters. The largest absolute Gasteiger partial charge is 0.380 e. The monoisotopic (exact) mass is 224 g/mol. The van der Waals surface area contributed by atoms with E-state index < -0.39 is 0 Å². The zero-order valence-electron chi connectivity index (χ0n) is 9.69. The summed E-state index contributed by atoms with van der Waals surface area (Å²) in [6.45, 7) is 2.14. The van der Waals surface area contributed by atoms with Crippen molar-refractivity contribution in [1.82, 2.24) is 5.32 Å². The summed E-state index contributed by atoms with van der Waals surface area (Å²) in [6, 6.07) is 19.7. The molecule has 0 atom stereocenters. The molecule has 2 aromatic carbocycles. The summed E-state index contributed by atoms with van der Waals surface area (Å²) in [4.78, 5) is 0. The van der Waals surface area contributed by atoms with Crippen LogP contribution >= 0.6 is 0 Å². The van der Waals surface area contributed by atoms with E-state index in [1.165, 1.54) is 16.8 Å². The normalized spacial score (nSPS) is 15.3. The van der Waals surface area contributed by atoms with Gasteiger partial charge in [0, 0.05) is 18.8 Å². The summed E-state index contributed by atoms with van der Waals surface area (Å²) >= 11 is 0. The third kappa shape index (κ3) is 2.32. The molecule has 1 aliphatic heterocycles. The zero-order chi connectivity index (χ0) is 11.5. The maximum absolute atomic E-state index is 3.49. The van der Waals surface area contributed by atoms with Crippen molar-refractivity contribution in [1.29, 1.82) is 0 Å². The molecule has 0 saturated carbocycles. The summed E-state index contributed by atoms with van der Waals surface area (Å²) < 4.78 is 0. The molecule has 0 amide bonds. The van der Waals surface area contributed by atoms with Crippen molar-refractivity contribution >= 4 is 5.69 Å². The Labute approximate surface area is 102 Å². The number of hydrogen-bond acceptors (Lipinski definition) is 2. The van der Waals surface area contributed by atoms with E-state index >= 15 is 0 Å². The van der Waals surface area contributed by atoms with E-state index in [-0.39, 0.29) is 0 Å². The minimum atomic E-state index is 0.595. The molecule has 1 heterocycles. The molecular weight excluding hydrogens is 208 g/mol. The minimum Gasteiger partial charge on any atom is -0.380 e. The molecule has 0 aliphatic carbocycles. The van der Waals surface area contributed by atoms with Crippen LogP contribution in [0.3, 0.4) is 0 Å². The van der Waals surface area contributed by atoms with E-state index in [4.69, 9.17) is 0 Å². The van der Waals surface area contributed by atoms with E-state index in [1.54, 1.807) is 0 Å². The molecule has 2 N–H and O–H groups in total. The van der Waals surface area contributed by atoms with Gasteiger partial charge in [-0.3, -0.25) is 0 Å². The first-order valence-electron chi connectivity index (χ1n) is 6.04. The van der Waals surface area contributed by atoms with Gasteiger partial charge in [0.25, 0.3) is 0 Å². The van der Waals surface area contributed by atoms with Crippen LogP contribution in [0.1, 0.15) is 0 Å². The third-order valence-corrected chi connectivity index (χ3v) is 3.14. The molecular formula is C15H16N2. The zero-order valence-corrected chi connectivity index (χ0v) is 9.69. The fourth-order valence-electron chi connectivity index (χ4n) is 2.02. The van der Waals surface area contributed by atoms with Gasteiger partial charge in [-0.05, 0) is 23.3 Å². The highest BCUT2D eigenvalue weighted by Gasteiger charge is 2.15. The second-order valence-electron chi connectivity index (χ2n) is 4.44. The highest BCUT2D eigenvalue weighted by atomic mass is 15.1. The topological polar surface area (TPSA) is 24.1 Å². The van der Waals surface area contributed by atoms with Crippen LogP contribution in [-0.2, 0) is 0 Å². The number of anilines is 1. The van der Waals surface area contributed by atoms with Gasteiger partial charge in [0.1, 0.15) is 0 Å². The molecule has 17 heavy (non-hydrogen) atoms. The second-order valence-corrected chi connectivity index (χ2v) is 4.44. The molecule has 86 valence electrons. The van der Waals surface area contributed by atoms with Crippen LogP contribution < -0.4 is 10.6 Å². The predicted molar refractivity (Wildman–Crippen MR) is 72.2 cm³/mol. The molecule has 1 saturated heterocycles. The smallest absolute Gasteiger partial charge is 0.0510 e. The first kappa shape index (κ1) is 10.4. The fraction of sp³-hybridized carbons (Fsp3) is 0.200. The Morgan fingerprint density at radius 3 is 2.06 bits per heavy atom. The molecule has 1 aliphatic rings. The Balaban J connectivity index is 1.75. The average Bonchev–Trinajstić information content (AvgIpc) is 2.36. The lowest BCUT2D eigenvalue weighted by Gasteiger charge is -2.29. The molecule has 0 bridgehead atoms. The van der Waals surface area contributed by atoms with Crippen molar-refractivity contribution in [2.24, 2.45) is 0 Å². The van der Waals surface area contributed by atoms with E-state index in [9.17, 15) is 0 Å². The van der Waals surface area contributed by atoms with Crippen molar-refractivity contribution in [2.75, 3.05) is 18.4 Å². The maximum Gasteiger partial charge on any atom is 0.0510 e. The Hall–Kier alpha value is -1.80. The van der Waals surface area contributed by atoms with Crippen LogP contribution in [0.5, 0.6) is 0 Å². The van der Waals surface area contributed by atoms with E-state index in [1.807, 2.05) is 6.07 Å². The molecule has 1 fully saturated rings. The van der Waals surface area contributed by atoms with Gasteiger partial charge >= 0.3 is 0 Å². The van der Waals surface area contributed by atoms with Crippen LogP contribution in [0.15, 0.2) is 54.6 Å². The first-order chi connectivity index (χ1) is 8.42. The Morgan fingerprint density at radius 1 is 0.824 bits per heavy atom. The lowest BCUT2D eigenvalue weighted by molar-refractivity contribution is 0.472. The number of nitrogens with one attached hydrogen (secondary N) is 2. The molecule has 2 nitrogen and oxygen atoms in total. The second kappa shape index (κ2) is 4.60. The van der Waals surface area contributed by atoms with Crippen molar-refractivity contribution in [3.8, 4) is 11.1 Å². The Morgan fingerprint density at radius 2 is 1.47 bits per heavy atom. The summed E-state index contributed by atoms with van der Waals surface area (Å²) in [5.41, 5.74) is 3.74. The Bertz CT molecular complexity index is 472. The average molecular weight is 224 g/mol. The fourth-order valence-corrected chi connectivity index (χ4v) is 2.02. The lowest BCUT2D eigenvalue weighted by Crippen LogP contribution is -2.51. The van der Waals surface area contributed by atoms with Gasteiger partial charge in [0.05, 0.1) is 6.04 Å². The molecule has 2 heteroatoms. The standard InChI is InChI=1S/C15H16N2/c1-2-4-12(5-3-1)13-6-8-14(9-7-13)17-15-10-16-11-15/h1-9,15-17H,10-11H2. The van der Waals surface area contributed by atoms with Gasteiger partial charge in [-0.15, -0.1) is 0 Å².